The van der Waals surface area contributed by atoms with Crippen LogP contribution in [0.4, 0.5) is 0 Å². The third kappa shape index (κ3) is 3.11. The van der Waals surface area contributed by atoms with E-state index in [2.05, 4.69) is 16.3 Å². The van der Waals surface area contributed by atoms with E-state index in [4.69, 9.17) is 6.42 Å². The average Bonchev–Trinajstić information content (AvgIpc) is 2.48. The van der Waals surface area contributed by atoms with E-state index in [9.17, 15) is 9.59 Å². The molecular weight excluding hydrogens is 266 g/mol. The van der Waals surface area contributed by atoms with E-state index in [0.29, 0.717) is 11.1 Å². The van der Waals surface area contributed by atoms with Crippen molar-refractivity contribution in [3.63, 3.8) is 0 Å². The van der Waals surface area contributed by atoms with Crippen LogP contribution in [0.3, 0.4) is 0 Å². The van der Waals surface area contributed by atoms with Gasteiger partial charge >= 0.3 is 0 Å². The SMILES string of the molecule is C#CCn1nc(CNC(=O)C(C)C)c2ccccc2c1=O. The van der Waals surface area contributed by atoms with E-state index in [0.717, 1.165) is 5.39 Å². The van der Waals surface area contributed by atoms with Gasteiger partial charge in [0.1, 0.15) is 6.54 Å². The minimum absolute atomic E-state index is 0.0596. The molecule has 0 saturated heterocycles. The number of hydrogen-bond donors (Lipinski definition) is 1. The van der Waals surface area contributed by atoms with Crippen LogP contribution in [0.25, 0.3) is 10.8 Å². The number of terminal acetylenes is 1. The Bertz CT molecular complexity index is 769. The van der Waals surface area contributed by atoms with Crippen LogP contribution in [0, 0.1) is 18.3 Å². The minimum Gasteiger partial charge on any atom is -0.350 e. The first-order chi connectivity index (χ1) is 10.0. The van der Waals surface area contributed by atoms with Crippen molar-refractivity contribution in [1.29, 1.82) is 0 Å². The number of carbonyl (C=O) groups is 1. The van der Waals surface area contributed by atoms with Gasteiger partial charge in [-0.1, -0.05) is 38.0 Å². The summed E-state index contributed by atoms with van der Waals surface area (Å²) in [6, 6.07) is 7.18. The topological polar surface area (TPSA) is 64.0 Å². The van der Waals surface area contributed by atoms with Gasteiger partial charge in [-0.2, -0.15) is 5.10 Å². The van der Waals surface area contributed by atoms with Crippen LogP contribution in [0.2, 0.25) is 0 Å². The molecule has 5 heteroatoms. The molecule has 1 N–H and O–H groups in total. The summed E-state index contributed by atoms with van der Waals surface area (Å²) in [5.41, 5.74) is 0.414. The van der Waals surface area contributed by atoms with Crippen molar-refractivity contribution < 1.29 is 4.79 Å². The zero-order valence-corrected chi connectivity index (χ0v) is 12.1. The van der Waals surface area contributed by atoms with Gasteiger partial charge in [-0.15, -0.1) is 6.42 Å². The largest absolute Gasteiger partial charge is 0.350 e. The summed E-state index contributed by atoms with van der Waals surface area (Å²) in [4.78, 5) is 23.9. The Kier molecular flexibility index (Phi) is 4.39. The van der Waals surface area contributed by atoms with Crippen LogP contribution in [-0.4, -0.2) is 15.7 Å². The maximum Gasteiger partial charge on any atom is 0.275 e. The molecule has 1 heterocycles. The van der Waals surface area contributed by atoms with Gasteiger partial charge in [-0.25, -0.2) is 4.68 Å². The maximum atomic E-state index is 12.2. The molecule has 0 spiro atoms. The van der Waals surface area contributed by atoms with Crippen molar-refractivity contribution in [2.24, 2.45) is 5.92 Å². The zero-order valence-electron chi connectivity index (χ0n) is 12.1. The van der Waals surface area contributed by atoms with Gasteiger partial charge in [0.15, 0.2) is 0 Å². The van der Waals surface area contributed by atoms with Gasteiger partial charge in [0.2, 0.25) is 5.91 Å². The molecule has 0 aliphatic heterocycles. The molecule has 2 rings (SSSR count). The highest BCUT2D eigenvalue weighted by atomic mass is 16.2. The van der Waals surface area contributed by atoms with Crippen molar-refractivity contribution in [3.05, 3.63) is 40.3 Å². The third-order valence-electron chi connectivity index (χ3n) is 3.14. The van der Waals surface area contributed by atoms with Crippen molar-refractivity contribution in [2.45, 2.75) is 26.9 Å². The van der Waals surface area contributed by atoms with Crippen molar-refractivity contribution in [1.82, 2.24) is 15.1 Å². The van der Waals surface area contributed by atoms with Gasteiger partial charge in [0.05, 0.1) is 17.6 Å². The second-order valence-electron chi connectivity index (χ2n) is 5.03. The Labute approximate surface area is 123 Å². The van der Waals surface area contributed by atoms with Gasteiger partial charge in [0, 0.05) is 11.3 Å². The van der Waals surface area contributed by atoms with Crippen molar-refractivity contribution >= 4 is 16.7 Å². The molecule has 0 saturated carbocycles. The Morgan fingerprint density at radius 2 is 2.05 bits per heavy atom. The smallest absolute Gasteiger partial charge is 0.275 e. The number of nitrogens with one attached hydrogen (secondary N) is 1. The molecule has 0 radical (unpaired) electrons. The van der Waals surface area contributed by atoms with Gasteiger partial charge in [-0.3, -0.25) is 9.59 Å². The molecule has 0 fully saturated rings. The highest BCUT2D eigenvalue weighted by Crippen LogP contribution is 2.13. The van der Waals surface area contributed by atoms with Crippen LogP contribution < -0.4 is 10.9 Å². The van der Waals surface area contributed by atoms with Crippen LogP contribution in [-0.2, 0) is 17.9 Å². The highest BCUT2D eigenvalue weighted by molar-refractivity contribution is 5.84. The summed E-state index contributed by atoms with van der Waals surface area (Å²) in [5.74, 6) is 2.25. The Balaban J connectivity index is 2.47. The lowest BCUT2D eigenvalue weighted by atomic mass is 10.1. The Morgan fingerprint density at radius 3 is 2.67 bits per heavy atom. The first-order valence-electron chi connectivity index (χ1n) is 6.74. The molecule has 2 aromatic rings. The van der Waals surface area contributed by atoms with Crippen molar-refractivity contribution in [2.75, 3.05) is 0 Å². The normalized spacial score (nSPS) is 10.6. The fourth-order valence-electron chi connectivity index (χ4n) is 2.00. The number of benzene rings is 1. The standard InChI is InChI=1S/C16H17N3O2/c1-4-9-19-16(21)13-8-6-5-7-12(13)14(18-19)10-17-15(20)11(2)3/h1,5-8,11H,9-10H2,2-3H3,(H,17,20). The van der Waals surface area contributed by atoms with Crippen LogP contribution in [0.1, 0.15) is 19.5 Å². The van der Waals surface area contributed by atoms with E-state index < -0.39 is 0 Å². The fourth-order valence-corrected chi connectivity index (χ4v) is 2.00. The summed E-state index contributed by atoms with van der Waals surface area (Å²) in [7, 11) is 0. The molecule has 21 heavy (non-hydrogen) atoms. The molecule has 0 bridgehead atoms. The number of fused-ring (bicyclic) bond motifs is 1. The number of aromatic nitrogens is 2. The van der Waals surface area contributed by atoms with E-state index in [1.807, 2.05) is 26.0 Å². The van der Waals surface area contributed by atoms with Crippen LogP contribution >= 0.6 is 0 Å². The van der Waals surface area contributed by atoms with E-state index in [1.54, 1.807) is 12.1 Å². The van der Waals surface area contributed by atoms with Gasteiger partial charge in [-0.05, 0) is 6.07 Å². The van der Waals surface area contributed by atoms with Crippen LogP contribution in [0.5, 0.6) is 0 Å². The summed E-state index contributed by atoms with van der Waals surface area (Å²) in [5, 5.41) is 8.37. The predicted molar refractivity (Wildman–Crippen MR) is 81.5 cm³/mol. The van der Waals surface area contributed by atoms with Crippen LogP contribution in [0.15, 0.2) is 29.1 Å². The second kappa shape index (κ2) is 6.23. The first-order valence-corrected chi connectivity index (χ1v) is 6.74. The van der Waals surface area contributed by atoms with Gasteiger partial charge < -0.3 is 5.32 Å². The molecule has 0 aliphatic carbocycles. The average molecular weight is 283 g/mol. The molecule has 0 unspecified atom stereocenters. The first kappa shape index (κ1) is 14.8. The minimum atomic E-state index is -0.220. The summed E-state index contributed by atoms with van der Waals surface area (Å²) >= 11 is 0. The third-order valence-corrected chi connectivity index (χ3v) is 3.14. The Morgan fingerprint density at radius 1 is 1.38 bits per heavy atom. The number of nitrogens with zero attached hydrogens (tertiary/aromatic N) is 2. The molecule has 1 amide bonds. The lowest BCUT2D eigenvalue weighted by Crippen LogP contribution is -2.30. The molecule has 5 nitrogen and oxygen atoms in total. The summed E-state index contributed by atoms with van der Waals surface area (Å²) in [6.07, 6.45) is 5.27. The molecule has 1 aromatic heterocycles. The quantitative estimate of drug-likeness (QED) is 0.860. The lowest BCUT2D eigenvalue weighted by molar-refractivity contribution is -0.124. The fraction of sp³-hybridized carbons (Fsp3) is 0.312. The van der Waals surface area contributed by atoms with Crippen molar-refractivity contribution in [3.8, 4) is 12.3 Å². The van der Waals surface area contributed by atoms with E-state index >= 15 is 0 Å². The van der Waals surface area contributed by atoms with E-state index in [-0.39, 0.29) is 30.5 Å². The van der Waals surface area contributed by atoms with E-state index in [1.165, 1.54) is 4.68 Å². The molecule has 0 aliphatic rings. The second-order valence-corrected chi connectivity index (χ2v) is 5.03. The molecule has 0 atom stereocenters. The number of hydrogen-bond acceptors (Lipinski definition) is 3. The maximum absolute atomic E-state index is 12.2. The monoisotopic (exact) mass is 283 g/mol. The molecule has 108 valence electrons. The Hall–Kier alpha value is -2.61. The lowest BCUT2D eigenvalue weighted by Gasteiger charge is -2.11. The van der Waals surface area contributed by atoms with Gasteiger partial charge in [0.25, 0.3) is 5.56 Å². The molecule has 1 aromatic carbocycles. The molecular formula is C16H17N3O2. The zero-order chi connectivity index (χ0) is 15.4. The highest BCUT2D eigenvalue weighted by Gasteiger charge is 2.12. The predicted octanol–water partition coefficient (Wildman–Crippen LogP) is 1.30. The summed E-state index contributed by atoms with van der Waals surface area (Å²) in [6.45, 7) is 4.01. The summed E-state index contributed by atoms with van der Waals surface area (Å²) < 4.78 is 1.25. The number of carbonyl (C=O) groups excluding carboxylic acids is 1. The number of amides is 1. The number of rotatable bonds is 4.